The van der Waals surface area contributed by atoms with Crippen LogP contribution >= 0.6 is 11.3 Å². The van der Waals surface area contributed by atoms with E-state index in [1.165, 1.54) is 10.1 Å². The Morgan fingerprint density at radius 3 is 2.59 bits per heavy atom. The number of aromatic nitrogens is 3. The lowest BCUT2D eigenvalue weighted by Crippen LogP contribution is -2.17. The van der Waals surface area contributed by atoms with Gasteiger partial charge in [0.25, 0.3) is 5.56 Å². The van der Waals surface area contributed by atoms with Crippen molar-refractivity contribution in [2.75, 3.05) is 7.11 Å². The largest absolute Gasteiger partial charge is 0.496 e. The van der Waals surface area contributed by atoms with Gasteiger partial charge in [-0.15, -0.1) is 11.3 Å². The molecule has 0 amide bonds. The summed E-state index contributed by atoms with van der Waals surface area (Å²) in [4.78, 5) is 18.8. The van der Waals surface area contributed by atoms with Crippen molar-refractivity contribution in [1.82, 2.24) is 14.6 Å². The van der Waals surface area contributed by atoms with E-state index in [1.54, 1.807) is 24.6 Å². The number of ether oxygens (including phenoxy) is 1. The van der Waals surface area contributed by atoms with Crippen LogP contribution in [0, 0.1) is 0 Å². The van der Waals surface area contributed by atoms with E-state index in [9.17, 15) is 4.79 Å². The number of aromatic amines is 1. The number of fused-ring (bicyclic) bond motifs is 1. The molecule has 0 aliphatic rings. The Balaban J connectivity index is 1.61. The highest BCUT2D eigenvalue weighted by atomic mass is 32.1. The van der Waals surface area contributed by atoms with Gasteiger partial charge in [-0.05, 0) is 28.6 Å². The van der Waals surface area contributed by atoms with E-state index in [2.05, 4.69) is 33.7 Å². The monoisotopic (exact) mass is 399 g/mol. The average molecular weight is 399 g/mol. The van der Waals surface area contributed by atoms with Crippen molar-refractivity contribution in [3.63, 3.8) is 0 Å². The molecular formula is C23H17N3O2S. The minimum atomic E-state index is -0.161. The van der Waals surface area contributed by atoms with E-state index in [0.717, 1.165) is 21.6 Å². The Kier molecular flexibility index (Phi) is 4.26. The molecule has 29 heavy (non-hydrogen) atoms. The molecule has 0 radical (unpaired) electrons. The van der Waals surface area contributed by atoms with Gasteiger partial charge in [-0.25, -0.2) is 9.50 Å². The second kappa shape index (κ2) is 7.07. The van der Waals surface area contributed by atoms with Crippen LogP contribution in [0.2, 0.25) is 0 Å². The summed E-state index contributed by atoms with van der Waals surface area (Å²) in [7, 11) is 1.59. The Bertz CT molecular complexity index is 1370. The minimum absolute atomic E-state index is 0.161. The van der Waals surface area contributed by atoms with Crippen molar-refractivity contribution in [1.29, 1.82) is 0 Å². The van der Waals surface area contributed by atoms with Crippen LogP contribution in [0.3, 0.4) is 0 Å². The number of benzene rings is 2. The second-order valence-electron chi connectivity index (χ2n) is 6.59. The predicted molar refractivity (Wildman–Crippen MR) is 117 cm³/mol. The molecule has 0 fully saturated rings. The van der Waals surface area contributed by atoms with Crippen LogP contribution in [-0.2, 0) is 0 Å². The molecule has 5 rings (SSSR count). The molecule has 0 unspecified atom stereocenters. The van der Waals surface area contributed by atoms with E-state index in [-0.39, 0.29) is 5.56 Å². The third-order valence-corrected chi connectivity index (χ3v) is 5.87. The minimum Gasteiger partial charge on any atom is -0.496 e. The Hall–Kier alpha value is -3.64. The number of nitrogens with one attached hydrogen (secondary N) is 1. The highest BCUT2D eigenvalue weighted by molar-refractivity contribution is 7.14. The zero-order valence-corrected chi connectivity index (χ0v) is 16.4. The molecule has 3 aromatic heterocycles. The van der Waals surface area contributed by atoms with E-state index >= 15 is 0 Å². The van der Waals surface area contributed by atoms with Crippen LogP contribution in [0.25, 0.3) is 38.3 Å². The van der Waals surface area contributed by atoms with Crippen molar-refractivity contribution in [3.05, 3.63) is 88.8 Å². The lowest BCUT2D eigenvalue weighted by Gasteiger charge is -2.07. The first-order valence-electron chi connectivity index (χ1n) is 9.13. The zero-order valence-electron chi connectivity index (χ0n) is 15.6. The molecule has 5 aromatic rings. The van der Waals surface area contributed by atoms with Crippen LogP contribution in [-0.4, -0.2) is 21.7 Å². The molecule has 0 spiro atoms. The van der Waals surface area contributed by atoms with Crippen molar-refractivity contribution >= 4 is 17.0 Å². The molecular weight excluding hydrogens is 382 g/mol. The maximum atomic E-state index is 13.1. The van der Waals surface area contributed by atoms with Crippen molar-refractivity contribution in [2.45, 2.75) is 0 Å². The SMILES string of the molecule is COc1ccccc1-c1cnc2c(-c3cc(-c4ccccc4)cs3)c[nH]n2c1=O. The summed E-state index contributed by atoms with van der Waals surface area (Å²) in [6, 6.07) is 19.8. The van der Waals surface area contributed by atoms with Crippen LogP contribution in [0.5, 0.6) is 5.75 Å². The van der Waals surface area contributed by atoms with Gasteiger partial charge in [-0.3, -0.25) is 9.89 Å². The summed E-state index contributed by atoms with van der Waals surface area (Å²) in [5, 5.41) is 5.18. The first-order chi connectivity index (χ1) is 14.3. The average Bonchev–Trinajstić information content (AvgIpc) is 3.42. The van der Waals surface area contributed by atoms with E-state index in [1.807, 2.05) is 48.7 Å². The van der Waals surface area contributed by atoms with Gasteiger partial charge >= 0.3 is 0 Å². The second-order valence-corrected chi connectivity index (χ2v) is 7.50. The fourth-order valence-corrected chi connectivity index (χ4v) is 4.38. The van der Waals surface area contributed by atoms with Crippen LogP contribution in [0.4, 0.5) is 0 Å². The number of thiophene rings is 1. The molecule has 1 N–H and O–H groups in total. The molecule has 0 atom stereocenters. The molecule has 0 saturated heterocycles. The summed E-state index contributed by atoms with van der Waals surface area (Å²) in [5.41, 5.74) is 4.88. The highest BCUT2D eigenvalue weighted by Crippen LogP contribution is 2.34. The summed E-state index contributed by atoms with van der Waals surface area (Å²) < 4.78 is 6.89. The molecule has 5 nitrogen and oxygen atoms in total. The number of nitrogens with zero attached hydrogens (tertiary/aromatic N) is 2. The van der Waals surface area contributed by atoms with Gasteiger partial charge in [0.05, 0.1) is 18.2 Å². The number of hydrogen-bond donors (Lipinski definition) is 1. The van der Waals surface area contributed by atoms with Crippen LogP contribution in [0.1, 0.15) is 0 Å². The van der Waals surface area contributed by atoms with Crippen molar-refractivity contribution in [2.24, 2.45) is 0 Å². The normalized spacial score (nSPS) is 11.1. The third-order valence-electron chi connectivity index (χ3n) is 4.91. The standard InChI is InChI=1S/C23H17N3O2S/c1-28-20-10-6-5-9-17(20)18-12-24-22-19(13-25-26(22)23(18)27)21-11-16(14-29-21)15-7-3-2-4-8-15/h2-14,25H,1H3. The number of methoxy groups -OCH3 is 1. The van der Waals surface area contributed by atoms with Crippen LogP contribution < -0.4 is 10.3 Å². The maximum absolute atomic E-state index is 13.1. The Labute approximate surface area is 170 Å². The van der Waals surface area contributed by atoms with Gasteiger partial charge in [0.2, 0.25) is 0 Å². The first kappa shape index (κ1) is 17.5. The number of hydrogen-bond acceptors (Lipinski definition) is 4. The first-order valence-corrected chi connectivity index (χ1v) is 10.0. The van der Waals surface area contributed by atoms with Gasteiger partial charge in [-0.2, -0.15) is 0 Å². The fraction of sp³-hybridized carbons (Fsp3) is 0.0435. The van der Waals surface area contributed by atoms with E-state index in [0.29, 0.717) is 17.0 Å². The fourth-order valence-electron chi connectivity index (χ4n) is 3.45. The van der Waals surface area contributed by atoms with Crippen LogP contribution in [0.15, 0.2) is 83.2 Å². The number of rotatable bonds is 4. The summed E-state index contributed by atoms with van der Waals surface area (Å²) in [5.74, 6) is 0.642. The van der Waals surface area contributed by atoms with Gasteiger partial charge in [-0.1, -0.05) is 48.5 Å². The maximum Gasteiger partial charge on any atom is 0.280 e. The third kappa shape index (κ3) is 2.94. The van der Waals surface area contributed by atoms with Gasteiger partial charge in [0.1, 0.15) is 5.75 Å². The van der Waals surface area contributed by atoms with Gasteiger partial charge < -0.3 is 4.74 Å². The van der Waals surface area contributed by atoms with Crippen molar-refractivity contribution < 1.29 is 4.74 Å². The lowest BCUT2D eigenvalue weighted by molar-refractivity contribution is 0.416. The Morgan fingerprint density at radius 1 is 0.966 bits per heavy atom. The lowest BCUT2D eigenvalue weighted by atomic mass is 10.1. The number of para-hydroxylation sites is 1. The summed E-state index contributed by atoms with van der Waals surface area (Å²) in [6.45, 7) is 0. The molecule has 0 aliphatic heterocycles. The molecule has 3 heterocycles. The van der Waals surface area contributed by atoms with Crippen molar-refractivity contribution in [3.8, 4) is 38.4 Å². The smallest absolute Gasteiger partial charge is 0.280 e. The number of H-pyrrole nitrogens is 1. The molecule has 2 aromatic carbocycles. The molecule has 0 aliphatic carbocycles. The van der Waals surface area contributed by atoms with E-state index < -0.39 is 0 Å². The highest BCUT2D eigenvalue weighted by Gasteiger charge is 2.16. The topological polar surface area (TPSA) is 59.4 Å². The molecule has 6 heteroatoms. The molecule has 0 saturated carbocycles. The Morgan fingerprint density at radius 2 is 1.76 bits per heavy atom. The zero-order chi connectivity index (χ0) is 19.8. The predicted octanol–water partition coefficient (Wildman–Crippen LogP) is 5.09. The molecule has 0 bridgehead atoms. The quantitative estimate of drug-likeness (QED) is 0.458. The molecule has 142 valence electrons. The van der Waals surface area contributed by atoms with Gasteiger partial charge in [0, 0.05) is 22.8 Å². The van der Waals surface area contributed by atoms with Gasteiger partial charge in [0.15, 0.2) is 5.65 Å². The summed E-state index contributed by atoms with van der Waals surface area (Å²) in [6.07, 6.45) is 3.45. The summed E-state index contributed by atoms with van der Waals surface area (Å²) >= 11 is 1.63. The van der Waals surface area contributed by atoms with E-state index in [4.69, 9.17) is 4.74 Å².